The van der Waals surface area contributed by atoms with E-state index >= 15 is 0 Å². The molecule has 6 atom stereocenters. The van der Waals surface area contributed by atoms with Crippen LogP contribution in [0.2, 0.25) is 0 Å². The average molecular weight is 236 g/mol. The van der Waals surface area contributed by atoms with Crippen LogP contribution in [0.1, 0.15) is 52.4 Å². The van der Waals surface area contributed by atoms with Crippen molar-refractivity contribution in [1.29, 1.82) is 0 Å². The molecule has 2 bridgehead atoms. The summed E-state index contributed by atoms with van der Waals surface area (Å²) in [5.74, 6) is 3.58. The zero-order valence-electron chi connectivity index (χ0n) is 11.0. The Morgan fingerprint density at radius 3 is 2.76 bits per heavy atom. The minimum Gasteiger partial charge on any atom is -0.462 e. The summed E-state index contributed by atoms with van der Waals surface area (Å²) < 4.78 is 5.77. The highest BCUT2D eigenvalue weighted by Gasteiger charge is 2.55. The highest BCUT2D eigenvalue weighted by Crippen LogP contribution is 2.59. The second kappa shape index (κ2) is 4.29. The van der Waals surface area contributed by atoms with Crippen LogP contribution in [0, 0.1) is 29.6 Å². The van der Waals surface area contributed by atoms with Crippen molar-refractivity contribution in [3.8, 4) is 0 Å². The fourth-order valence-corrected chi connectivity index (χ4v) is 4.57. The summed E-state index contributed by atoms with van der Waals surface area (Å²) in [5, 5.41) is 0. The van der Waals surface area contributed by atoms with Gasteiger partial charge in [-0.3, -0.25) is 4.79 Å². The lowest BCUT2D eigenvalue weighted by Gasteiger charge is -2.31. The number of ether oxygens (including phenoxy) is 1. The van der Waals surface area contributed by atoms with Gasteiger partial charge in [0.2, 0.25) is 0 Å². The molecule has 3 fully saturated rings. The molecule has 0 heterocycles. The summed E-state index contributed by atoms with van der Waals surface area (Å²) in [6.45, 7) is 4.04. The van der Waals surface area contributed by atoms with Crippen LogP contribution in [-0.2, 0) is 9.53 Å². The average Bonchev–Trinajstić information content (AvgIpc) is 2.98. The fraction of sp³-hybridized carbons (Fsp3) is 0.933. The summed E-state index contributed by atoms with van der Waals surface area (Å²) in [6.07, 6.45) is 7.91. The Hall–Kier alpha value is -0.530. The maximum atomic E-state index is 11.9. The first-order valence-electron chi connectivity index (χ1n) is 7.41. The predicted octanol–water partition coefficient (Wildman–Crippen LogP) is 3.40. The van der Waals surface area contributed by atoms with Crippen molar-refractivity contribution in [1.82, 2.24) is 0 Å². The van der Waals surface area contributed by atoms with E-state index < -0.39 is 0 Å². The minimum atomic E-state index is 0.0413. The van der Waals surface area contributed by atoms with Gasteiger partial charge < -0.3 is 4.74 Å². The number of rotatable bonds is 3. The molecule has 0 aliphatic heterocycles. The topological polar surface area (TPSA) is 26.3 Å². The summed E-state index contributed by atoms with van der Waals surface area (Å²) in [7, 11) is 0. The Kier molecular flexibility index (Phi) is 2.92. The Morgan fingerprint density at radius 2 is 2.00 bits per heavy atom. The summed E-state index contributed by atoms with van der Waals surface area (Å²) >= 11 is 0. The SMILES string of the molecule is CCC(C)C(=O)OC1CC2CC1C1CCCC21. The van der Waals surface area contributed by atoms with Gasteiger partial charge in [-0.25, -0.2) is 0 Å². The molecule has 3 saturated carbocycles. The molecular weight excluding hydrogens is 212 g/mol. The van der Waals surface area contributed by atoms with E-state index in [-0.39, 0.29) is 18.0 Å². The maximum Gasteiger partial charge on any atom is 0.308 e. The number of carbonyl (C=O) groups excluding carboxylic acids is 1. The fourth-order valence-electron chi connectivity index (χ4n) is 4.57. The smallest absolute Gasteiger partial charge is 0.308 e. The normalized spacial score (nSPS) is 44.7. The summed E-state index contributed by atoms with van der Waals surface area (Å²) in [6, 6.07) is 0. The third-order valence-corrected chi connectivity index (χ3v) is 5.65. The van der Waals surface area contributed by atoms with Crippen molar-refractivity contribution in [2.75, 3.05) is 0 Å². The van der Waals surface area contributed by atoms with Gasteiger partial charge in [0.15, 0.2) is 0 Å². The van der Waals surface area contributed by atoms with Crippen molar-refractivity contribution in [2.45, 2.75) is 58.5 Å². The molecule has 0 radical (unpaired) electrons. The molecule has 0 aromatic rings. The van der Waals surface area contributed by atoms with E-state index in [1.165, 1.54) is 25.7 Å². The largest absolute Gasteiger partial charge is 0.462 e. The molecule has 0 amide bonds. The van der Waals surface area contributed by atoms with Crippen LogP contribution < -0.4 is 0 Å². The van der Waals surface area contributed by atoms with Crippen LogP contribution in [0.3, 0.4) is 0 Å². The van der Waals surface area contributed by atoms with Gasteiger partial charge in [0, 0.05) is 0 Å². The van der Waals surface area contributed by atoms with Gasteiger partial charge in [-0.2, -0.15) is 0 Å². The molecule has 6 unspecified atom stereocenters. The van der Waals surface area contributed by atoms with E-state index in [9.17, 15) is 4.79 Å². The first kappa shape index (κ1) is 11.6. The lowest BCUT2D eigenvalue weighted by atomic mass is 9.80. The molecule has 0 spiro atoms. The van der Waals surface area contributed by atoms with Gasteiger partial charge in [0.1, 0.15) is 6.10 Å². The number of hydrogen-bond acceptors (Lipinski definition) is 2. The molecule has 3 aliphatic carbocycles. The summed E-state index contributed by atoms with van der Waals surface area (Å²) in [5.41, 5.74) is 0. The van der Waals surface area contributed by atoms with Gasteiger partial charge in [-0.15, -0.1) is 0 Å². The van der Waals surface area contributed by atoms with Crippen LogP contribution >= 0.6 is 0 Å². The molecule has 3 aliphatic rings. The Morgan fingerprint density at radius 1 is 1.24 bits per heavy atom. The molecule has 0 saturated heterocycles. The van der Waals surface area contributed by atoms with E-state index in [4.69, 9.17) is 4.74 Å². The van der Waals surface area contributed by atoms with Gasteiger partial charge in [0.05, 0.1) is 5.92 Å². The summed E-state index contributed by atoms with van der Waals surface area (Å²) in [4.78, 5) is 11.9. The van der Waals surface area contributed by atoms with E-state index in [0.717, 1.165) is 30.6 Å². The molecule has 17 heavy (non-hydrogen) atoms. The first-order chi connectivity index (χ1) is 8.20. The van der Waals surface area contributed by atoms with E-state index in [1.54, 1.807) is 0 Å². The Labute approximate surface area is 104 Å². The van der Waals surface area contributed by atoms with Crippen molar-refractivity contribution in [2.24, 2.45) is 29.6 Å². The monoisotopic (exact) mass is 236 g/mol. The van der Waals surface area contributed by atoms with Crippen molar-refractivity contribution >= 4 is 5.97 Å². The van der Waals surface area contributed by atoms with Crippen LogP contribution in [0.25, 0.3) is 0 Å². The third kappa shape index (κ3) is 1.80. The molecule has 2 nitrogen and oxygen atoms in total. The number of fused-ring (bicyclic) bond motifs is 5. The third-order valence-electron chi connectivity index (χ3n) is 5.65. The molecule has 2 heteroatoms. The number of carbonyl (C=O) groups is 1. The van der Waals surface area contributed by atoms with E-state index in [2.05, 4.69) is 6.92 Å². The van der Waals surface area contributed by atoms with E-state index in [0.29, 0.717) is 5.92 Å². The van der Waals surface area contributed by atoms with E-state index in [1.807, 2.05) is 6.92 Å². The number of hydrogen-bond donors (Lipinski definition) is 0. The molecule has 0 aromatic carbocycles. The quantitative estimate of drug-likeness (QED) is 0.702. The standard InChI is InChI=1S/C15H24O2/c1-3-9(2)15(16)17-14-8-10-7-13(14)12-6-4-5-11(10)12/h9-14H,3-8H2,1-2H3. The van der Waals surface area contributed by atoms with Crippen LogP contribution in [0.4, 0.5) is 0 Å². The van der Waals surface area contributed by atoms with Crippen LogP contribution in [0.15, 0.2) is 0 Å². The maximum absolute atomic E-state index is 11.9. The second-order valence-electron chi connectivity index (χ2n) is 6.44. The van der Waals surface area contributed by atoms with Gasteiger partial charge >= 0.3 is 5.97 Å². The Balaban J connectivity index is 1.62. The van der Waals surface area contributed by atoms with Crippen molar-refractivity contribution < 1.29 is 9.53 Å². The number of esters is 1. The zero-order valence-corrected chi connectivity index (χ0v) is 11.0. The molecular formula is C15H24O2. The highest BCUT2D eigenvalue weighted by atomic mass is 16.5. The lowest BCUT2D eigenvalue weighted by Crippen LogP contribution is -2.33. The van der Waals surface area contributed by atoms with Gasteiger partial charge in [-0.05, 0) is 55.8 Å². The van der Waals surface area contributed by atoms with Crippen LogP contribution in [-0.4, -0.2) is 12.1 Å². The van der Waals surface area contributed by atoms with Gasteiger partial charge in [0.25, 0.3) is 0 Å². The molecule has 0 aromatic heterocycles. The van der Waals surface area contributed by atoms with Crippen LogP contribution in [0.5, 0.6) is 0 Å². The first-order valence-corrected chi connectivity index (χ1v) is 7.41. The minimum absolute atomic E-state index is 0.0413. The second-order valence-corrected chi connectivity index (χ2v) is 6.44. The Bertz CT molecular complexity index is 312. The van der Waals surface area contributed by atoms with Crippen molar-refractivity contribution in [3.05, 3.63) is 0 Å². The molecule has 96 valence electrons. The lowest BCUT2D eigenvalue weighted by molar-refractivity contribution is -0.157. The molecule has 0 N–H and O–H groups in total. The van der Waals surface area contributed by atoms with Crippen molar-refractivity contribution in [3.63, 3.8) is 0 Å². The molecule has 3 rings (SSSR count). The predicted molar refractivity (Wildman–Crippen MR) is 66.4 cm³/mol. The highest BCUT2D eigenvalue weighted by molar-refractivity contribution is 5.72. The zero-order chi connectivity index (χ0) is 12.0. The van der Waals surface area contributed by atoms with Gasteiger partial charge in [-0.1, -0.05) is 20.3 Å².